The first-order chi connectivity index (χ1) is 17.6. The highest BCUT2D eigenvalue weighted by atomic mass is 35.5. The largest absolute Gasteiger partial charge is 0.321 e. The molecule has 37 heavy (non-hydrogen) atoms. The smallest absolute Gasteiger partial charge is 0.276 e. The van der Waals surface area contributed by atoms with Crippen molar-refractivity contribution in [3.8, 4) is 11.1 Å². The molecule has 10 heteroatoms. The first-order valence-electron chi connectivity index (χ1n) is 12.1. The molecular formula is C27H28ClN5O3S. The highest BCUT2D eigenvalue weighted by molar-refractivity contribution is 7.89. The molecule has 0 aliphatic carbocycles. The lowest BCUT2D eigenvalue weighted by Gasteiger charge is -2.18. The van der Waals surface area contributed by atoms with Gasteiger partial charge in [-0.1, -0.05) is 29.8 Å². The second-order valence-electron chi connectivity index (χ2n) is 9.51. The molecule has 192 valence electrons. The van der Waals surface area contributed by atoms with Gasteiger partial charge < -0.3 is 5.32 Å². The van der Waals surface area contributed by atoms with Gasteiger partial charge in [0.1, 0.15) is 0 Å². The summed E-state index contributed by atoms with van der Waals surface area (Å²) < 4.78 is 30.1. The molecule has 1 amide bonds. The number of rotatable bonds is 5. The Bertz CT molecular complexity index is 1660. The van der Waals surface area contributed by atoms with E-state index in [1.54, 1.807) is 35.7 Å². The fourth-order valence-corrected chi connectivity index (χ4v) is 6.66. The van der Waals surface area contributed by atoms with Crippen LogP contribution < -0.4 is 5.32 Å². The van der Waals surface area contributed by atoms with Crippen LogP contribution in [0.4, 0.5) is 5.69 Å². The van der Waals surface area contributed by atoms with E-state index >= 15 is 0 Å². The Balaban J connectivity index is 1.68. The quantitative estimate of drug-likeness (QED) is 0.371. The summed E-state index contributed by atoms with van der Waals surface area (Å²) in [6.45, 7) is 8.44. The molecule has 8 nitrogen and oxygen atoms in total. The highest BCUT2D eigenvalue weighted by Crippen LogP contribution is 2.33. The van der Waals surface area contributed by atoms with E-state index in [9.17, 15) is 13.2 Å². The van der Waals surface area contributed by atoms with Gasteiger partial charge in [0.25, 0.3) is 5.91 Å². The summed E-state index contributed by atoms with van der Waals surface area (Å²) in [5.74, 6) is -0.443. The van der Waals surface area contributed by atoms with Crippen molar-refractivity contribution in [1.29, 1.82) is 0 Å². The summed E-state index contributed by atoms with van der Waals surface area (Å²) in [5, 5.41) is 8.02. The Kier molecular flexibility index (Phi) is 6.55. The van der Waals surface area contributed by atoms with Gasteiger partial charge in [-0.05, 0) is 81.5 Å². The molecule has 4 aromatic rings. The molecule has 3 heterocycles. The summed E-state index contributed by atoms with van der Waals surface area (Å²) in [7, 11) is -3.67. The van der Waals surface area contributed by atoms with Gasteiger partial charge in [-0.15, -0.1) is 0 Å². The van der Waals surface area contributed by atoms with E-state index in [1.807, 2.05) is 39.0 Å². The minimum absolute atomic E-state index is 0.145. The van der Waals surface area contributed by atoms with Crippen molar-refractivity contribution in [2.45, 2.75) is 45.4 Å². The predicted octanol–water partition coefficient (Wildman–Crippen LogP) is 5.32. The second kappa shape index (κ2) is 9.55. The molecule has 2 aromatic carbocycles. The maximum atomic E-state index is 13.5. The fourth-order valence-electron chi connectivity index (χ4n) is 4.71. The van der Waals surface area contributed by atoms with Gasteiger partial charge in [0.05, 0.1) is 10.5 Å². The number of fused-ring (bicyclic) bond motifs is 1. The molecule has 1 aliphatic heterocycles. The zero-order chi connectivity index (χ0) is 26.5. The lowest BCUT2D eigenvalue weighted by Crippen LogP contribution is -2.28. The first kappa shape index (κ1) is 25.4. The molecule has 0 radical (unpaired) electrons. The van der Waals surface area contributed by atoms with Crippen LogP contribution in [0.15, 0.2) is 47.4 Å². The van der Waals surface area contributed by atoms with Crippen LogP contribution in [-0.4, -0.2) is 46.3 Å². The average Bonchev–Trinajstić information content (AvgIpc) is 3.51. The number of halogens is 1. The number of carbonyl (C=O) groups excluding carboxylic acids is 1. The lowest BCUT2D eigenvalue weighted by molar-refractivity contribution is 0.102. The number of aryl methyl sites for hydroxylation is 4. The monoisotopic (exact) mass is 537 g/mol. The molecule has 0 saturated carbocycles. The Morgan fingerprint density at radius 1 is 0.973 bits per heavy atom. The van der Waals surface area contributed by atoms with Gasteiger partial charge in [-0.2, -0.15) is 9.40 Å². The molecule has 1 fully saturated rings. The van der Waals surface area contributed by atoms with Crippen molar-refractivity contribution in [1.82, 2.24) is 18.9 Å². The minimum atomic E-state index is -3.67. The van der Waals surface area contributed by atoms with E-state index in [1.165, 1.54) is 4.31 Å². The van der Waals surface area contributed by atoms with E-state index < -0.39 is 15.9 Å². The van der Waals surface area contributed by atoms with E-state index in [0.29, 0.717) is 46.1 Å². The lowest BCUT2D eigenvalue weighted by atomic mass is 10.0. The van der Waals surface area contributed by atoms with Crippen molar-refractivity contribution < 1.29 is 13.2 Å². The number of aromatic nitrogens is 3. The normalized spacial score (nSPS) is 14.4. The van der Waals surface area contributed by atoms with Crippen molar-refractivity contribution >= 4 is 38.9 Å². The zero-order valence-corrected chi connectivity index (χ0v) is 22.7. The van der Waals surface area contributed by atoms with E-state index in [0.717, 1.165) is 29.8 Å². The Morgan fingerprint density at radius 3 is 2.38 bits per heavy atom. The van der Waals surface area contributed by atoms with E-state index in [2.05, 4.69) is 15.4 Å². The molecule has 1 N–H and O–H groups in total. The molecule has 0 atom stereocenters. The Morgan fingerprint density at radius 2 is 1.68 bits per heavy atom. The summed E-state index contributed by atoms with van der Waals surface area (Å²) in [6.07, 6.45) is 1.70. The van der Waals surface area contributed by atoms with Crippen LogP contribution in [0.1, 0.15) is 45.8 Å². The standard InChI is InChI=1S/C27H28ClN5O3S/c1-16-8-10-21(15-22(16)28)30-27(34)25-24(26-29-18(3)13-19(4)33(26)31-25)20-9-7-17(2)23(14-20)37(35,36)32-11-5-6-12-32/h7-10,13-15H,5-6,11-12H2,1-4H3,(H,30,34). The molecule has 0 unspecified atom stereocenters. The van der Waals surface area contributed by atoms with Crippen LogP contribution in [0.3, 0.4) is 0 Å². The number of amides is 1. The third-order valence-electron chi connectivity index (χ3n) is 6.70. The van der Waals surface area contributed by atoms with E-state index in [-0.39, 0.29) is 10.6 Å². The maximum absolute atomic E-state index is 13.5. The molecule has 5 rings (SSSR count). The van der Waals surface area contributed by atoms with Gasteiger partial charge in [0.2, 0.25) is 10.0 Å². The number of sulfonamides is 1. The van der Waals surface area contributed by atoms with Crippen LogP contribution in [0.25, 0.3) is 16.8 Å². The summed E-state index contributed by atoms with van der Waals surface area (Å²) >= 11 is 6.26. The molecular weight excluding hydrogens is 510 g/mol. The SMILES string of the molecule is Cc1cc(C)n2nc(C(=O)Nc3ccc(C)c(Cl)c3)c(-c3ccc(C)c(S(=O)(=O)N4CCCC4)c3)c2n1. The van der Waals surface area contributed by atoms with Gasteiger partial charge in [-0.3, -0.25) is 4.79 Å². The number of anilines is 1. The van der Waals surface area contributed by atoms with Crippen LogP contribution >= 0.6 is 11.6 Å². The summed E-state index contributed by atoms with van der Waals surface area (Å²) in [6, 6.07) is 12.4. The van der Waals surface area contributed by atoms with Crippen LogP contribution in [0, 0.1) is 27.7 Å². The van der Waals surface area contributed by atoms with E-state index in [4.69, 9.17) is 11.6 Å². The van der Waals surface area contributed by atoms with Crippen molar-refractivity contribution in [3.05, 3.63) is 75.7 Å². The number of hydrogen-bond acceptors (Lipinski definition) is 5. The topological polar surface area (TPSA) is 96.7 Å². The number of benzene rings is 2. The van der Waals surface area contributed by atoms with Gasteiger partial charge in [0, 0.05) is 35.2 Å². The predicted molar refractivity (Wildman–Crippen MR) is 145 cm³/mol. The summed E-state index contributed by atoms with van der Waals surface area (Å²) in [5.41, 5.74) is 5.31. The van der Waals surface area contributed by atoms with Gasteiger partial charge >= 0.3 is 0 Å². The molecule has 1 saturated heterocycles. The molecule has 1 aliphatic rings. The third-order valence-corrected chi connectivity index (χ3v) is 9.15. The number of hydrogen-bond donors (Lipinski definition) is 1. The highest BCUT2D eigenvalue weighted by Gasteiger charge is 2.30. The van der Waals surface area contributed by atoms with Crippen molar-refractivity contribution in [2.24, 2.45) is 0 Å². The van der Waals surface area contributed by atoms with Gasteiger partial charge in [0.15, 0.2) is 11.3 Å². The summed E-state index contributed by atoms with van der Waals surface area (Å²) in [4.78, 5) is 18.5. The van der Waals surface area contributed by atoms with Gasteiger partial charge in [-0.25, -0.2) is 17.9 Å². The van der Waals surface area contributed by atoms with Crippen molar-refractivity contribution in [3.63, 3.8) is 0 Å². The Labute approximate surface area is 221 Å². The van der Waals surface area contributed by atoms with Crippen LogP contribution in [0.2, 0.25) is 5.02 Å². The average molecular weight is 538 g/mol. The van der Waals surface area contributed by atoms with Crippen LogP contribution in [-0.2, 0) is 10.0 Å². The molecule has 0 spiro atoms. The number of carbonyl (C=O) groups is 1. The van der Waals surface area contributed by atoms with Crippen LogP contribution in [0.5, 0.6) is 0 Å². The maximum Gasteiger partial charge on any atom is 0.276 e. The third kappa shape index (κ3) is 4.63. The molecule has 2 aromatic heterocycles. The second-order valence-corrected chi connectivity index (χ2v) is 11.8. The minimum Gasteiger partial charge on any atom is -0.321 e. The first-order valence-corrected chi connectivity index (χ1v) is 13.9. The fraction of sp³-hybridized carbons (Fsp3) is 0.296. The number of nitrogens with zero attached hydrogens (tertiary/aromatic N) is 4. The van der Waals surface area contributed by atoms with Crippen molar-refractivity contribution in [2.75, 3.05) is 18.4 Å². The number of nitrogens with one attached hydrogen (secondary N) is 1. The zero-order valence-electron chi connectivity index (χ0n) is 21.2. The molecule has 0 bridgehead atoms. The Hall–Kier alpha value is -3.27.